The minimum absolute atomic E-state index is 0.459. The summed E-state index contributed by atoms with van der Waals surface area (Å²) in [6.45, 7) is 6.39. The number of rotatable bonds is 1. The van der Waals surface area contributed by atoms with Gasteiger partial charge in [0, 0.05) is 19.0 Å². The molecule has 13 heavy (non-hydrogen) atoms. The first-order valence-corrected chi connectivity index (χ1v) is 4.96. The first-order chi connectivity index (χ1) is 6.29. The molecule has 1 aliphatic heterocycles. The molecule has 2 heterocycles. The second-order valence-electron chi connectivity index (χ2n) is 3.82. The quantitative estimate of drug-likeness (QED) is 0.714. The van der Waals surface area contributed by atoms with Gasteiger partial charge in [-0.3, -0.25) is 4.57 Å². The second-order valence-corrected chi connectivity index (χ2v) is 3.82. The fourth-order valence-corrected chi connectivity index (χ4v) is 1.69. The lowest BCUT2D eigenvalue weighted by atomic mass is 10.2. The Labute approximate surface area is 78.4 Å². The van der Waals surface area contributed by atoms with E-state index < -0.39 is 0 Å². The summed E-state index contributed by atoms with van der Waals surface area (Å²) in [5.41, 5.74) is 0. The van der Waals surface area contributed by atoms with E-state index in [1.165, 1.54) is 12.8 Å². The van der Waals surface area contributed by atoms with Gasteiger partial charge in [0.05, 0.1) is 0 Å². The average molecular weight is 180 g/mol. The van der Waals surface area contributed by atoms with Crippen molar-refractivity contribution >= 4 is 5.95 Å². The first-order valence-electron chi connectivity index (χ1n) is 4.96. The second kappa shape index (κ2) is 3.36. The Morgan fingerprint density at radius 1 is 1.31 bits per heavy atom. The van der Waals surface area contributed by atoms with Gasteiger partial charge in [-0.25, -0.2) is 0 Å². The van der Waals surface area contributed by atoms with Gasteiger partial charge < -0.3 is 5.32 Å². The van der Waals surface area contributed by atoms with E-state index in [4.69, 9.17) is 0 Å². The SMILES string of the molecule is CC(C)c1nnc2n1CCCCN2. The lowest BCUT2D eigenvalue weighted by Crippen LogP contribution is -2.06. The van der Waals surface area contributed by atoms with Crippen molar-refractivity contribution in [1.29, 1.82) is 0 Å². The van der Waals surface area contributed by atoms with Gasteiger partial charge in [-0.1, -0.05) is 13.8 Å². The van der Waals surface area contributed by atoms with Crippen LogP contribution in [0.2, 0.25) is 0 Å². The first kappa shape index (κ1) is 8.53. The van der Waals surface area contributed by atoms with Crippen molar-refractivity contribution in [3.63, 3.8) is 0 Å². The minimum Gasteiger partial charge on any atom is -0.354 e. The van der Waals surface area contributed by atoms with Gasteiger partial charge in [-0.2, -0.15) is 0 Å². The lowest BCUT2D eigenvalue weighted by molar-refractivity contribution is 0.599. The molecule has 0 spiro atoms. The minimum atomic E-state index is 0.459. The molecular weight excluding hydrogens is 164 g/mol. The summed E-state index contributed by atoms with van der Waals surface area (Å²) < 4.78 is 2.21. The summed E-state index contributed by atoms with van der Waals surface area (Å²) in [7, 11) is 0. The van der Waals surface area contributed by atoms with Crippen LogP contribution in [-0.4, -0.2) is 21.3 Å². The molecule has 1 aromatic heterocycles. The highest BCUT2D eigenvalue weighted by Gasteiger charge is 2.15. The zero-order valence-electron chi connectivity index (χ0n) is 8.25. The maximum absolute atomic E-state index is 4.19. The Hall–Kier alpha value is -1.06. The molecule has 2 rings (SSSR count). The van der Waals surface area contributed by atoms with Gasteiger partial charge in [-0.15, -0.1) is 10.2 Å². The van der Waals surface area contributed by atoms with Crippen molar-refractivity contribution in [3.8, 4) is 0 Å². The molecule has 0 amide bonds. The van der Waals surface area contributed by atoms with Crippen LogP contribution in [0.1, 0.15) is 38.4 Å². The third-order valence-corrected chi connectivity index (χ3v) is 2.39. The van der Waals surface area contributed by atoms with Crippen LogP contribution in [0.15, 0.2) is 0 Å². The topological polar surface area (TPSA) is 42.7 Å². The molecule has 0 aromatic carbocycles. The van der Waals surface area contributed by atoms with Crippen molar-refractivity contribution in [2.75, 3.05) is 11.9 Å². The van der Waals surface area contributed by atoms with Crippen LogP contribution in [0.4, 0.5) is 5.95 Å². The zero-order chi connectivity index (χ0) is 9.26. The molecule has 0 fully saturated rings. The van der Waals surface area contributed by atoms with E-state index in [1.54, 1.807) is 0 Å². The van der Waals surface area contributed by atoms with E-state index in [0.717, 1.165) is 24.9 Å². The van der Waals surface area contributed by atoms with Crippen molar-refractivity contribution in [1.82, 2.24) is 14.8 Å². The highest BCUT2D eigenvalue weighted by Crippen LogP contribution is 2.19. The van der Waals surface area contributed by atoms with Gasteiger partial charge in [0.15, 0.2) is 0 Å². The fraction of sp³-hybridized carbons (Fsp3) is 0.778. The summed E-state index contributed by atoms with van der Waals surface area (Å²) in [5, 5.41) is 11.6. The molecule has 0 bridgehead atoms. The van der Waals surface area contributed by atoms with Crippen LogP contribution >= 0.6 is 0 Å². The highest BCUT2D eigenvalue weighted by atomic mass is 15.4. The predicted molar refractivity (Wildman–Crippen MR) is 51.8 cm³/mol. The molecule has 4 heteroatoms. The summed E-state index contributed by atoms with van der Waals surface area (Å²) in [6, 6.07) is 0. The Morgan fingerprint density at radius 2 is 2.15 bits per heavy atom. The molecule has 1 N–H and O–H groups in total. The number of anilines is 1. The number of nitrogens with zero attached hydrogens (tertiary/aromatic N) is 3. The van der Waals surface area contributed by atoms with E-state index in [2.05, 4.69) is 33.9 Å². The molecule has 72 valence electrons. The molecule has 0 atom stereocenters. The van der Waals surface area contributed by atoms with E-state index in [0.29, 0.717) is 5.92 Å². The number of aromatic nitrogens is 3. The molecule has 0 saturated heterocycles. The number of hydrogen-bond donors (Lipinski definition) is 1. The Morgan fingerprint density at radius 3 is 2.92 bits per heavy atom. The van der Waals surface area contributed by atoms with Crippen LogP contribution in [0, 0.1) is 0 Å². The predicted octanol–water partition coefficient (Wildman–Crippen LogP) is 1.61. The van der Waals surface area contributed by atoms with Crippen LogP contribution in [0.5, 0.6) is 0 Å². The highest BCUT2D eigenvalue weighted by molar-refractivity contribution is 5.27. The maximum Gasteiger partial charge on any atom is 0.224 e. The molecule has 1 aliphatic rings. The van der Waals surface area contributed by atoms with Gasteiger partial charge in [-0.05, 0) is 12.8 Å². The van der Waals surface area contributed by atoms with Gasteiger partial charge in [0.2, 0.25) is 5.95 Å². The van der Waals surface area contributed by atoms with E-state index >= 15 is 0 Å². The molecular formula is C9H16N4. The average Bonchev–Trinajstić information content (AvgIpc) is 2.36. The molecule has 0 saturated carbocycles. The zero-order valence-corrected chi connectivity index (χ0v) is 8.25. The number of hydrogen-bond acceptors (Lipinski definition) is 3. The van der Waals surface area contributed by atoms with E-state index in [1.807, 2.05) is 0 Å². The smallest absolute Gasteiger partial charge is 0.224 e. The standard InChI is InChI=1S/C9H16N4/c1-7(2)8-11-12-9-10-5-3-4-6-13(8)9/h7H,3-6H2,1-2H3,(H,10,12). The fourth-order valence-electron chi connectivity index (χ4n) is 1.69. The normalized spacial score (nSPS) is 16.5. The van der Waals surface area contributed by atoms with Gasteiger partial charge >= 0.3 is 0 Å². The van der Waals surface area contributed by atoms with Crippen LogP contribution < -0.4 is 5.32 Å². The summed E-state index contributed by atoms with van der Waals surface area (Å²) in [5.74, 6) is 2.51. The molecule has 1 aromatic rings. The summed E-state index contributed by atoms with van der Waals surface area (Å²) in [4.78, 5) is 0. The van der Waals surface area contributed by atoms with Gasteiger partial charge in [0.25, 0.3) is 0 Å². The third-order valence-electron chi connectivity index (χ3n) is 2.39. The van der Waals surface area contributed by atoms with Crippen molar-refractivity contribution in [2.24, 2.45) is 0 Å². The Balaban J connectivity index is 2.34. The largest absolute Gasteiger partial charge is 0.354 e. The van der Waals surface area contributed by atoms with Crippen molar-refractivity contribution in [3.05, 3.63) is 5.82 Å². The number of nitrogens with one attached hydrogen (secondary N) is 1. The van der Waals surface area contributed by atoms with Crippen molar-refractivity contribution < 1.29 is 0 Å². The Kier molecular flexibility index (Phi) is 2.20. The van der Waals surface area contributed by atoms with E-state index in [-0.39, 0.29) is 0 Å². The van der Waals surface area contributed by atoms with Crippen LogP contribution in [0.3, 0.4) is 0 Å². The van der Waals surface area contributed by atoms with E-state index in [9.17, 15) is 0 Å². The number of fused-ring (bicyclic) bond motifs is 1. The third kappa shape index (κ3) is 1.53. The summed E-state index contributed by atoms with van der Waals surface area (Å²) >= 11 is 0. The van der Waals surface area contributed by atoms with Crippen LogP contribution in [0.25, 0.3) is 0 Å². The lowest BCUT2D eigenvalue weighted by Gasteiger charge is -2.08. The molecule has 0 aliphatic carbocycles. The molecule has 4 nitrogen and oxygen atoms in total. The molecule has 0 radical (unpaired) electrons. The van der Waals surface area contributed by atoms with Crippen molar-refractivity contribution in [2.45, 2.75) is 39.2 Å². The monoisotopic (exact) mass is 180 g/mol. The molecule has 0 unspecified atom stereocenters. The summed E-state index contributed by atoms with van der Waals surface area (Å²) in [6.07, 6.45) is 2.44. The Bertz CT molecular complexity index is 290. The van der Waals surface area contributed by atoms with Gasteiger partial charge in [0.1, 0.15) is 5.82 Å². The maximum atomic E-state index is 4.19. The van der Waals surface area contributed by atoms with Crippen LogP contribution in [-0.2, 0) is 6.54 Å².